The molecule has 0 aliphatic carbocycles. The Kier molecular flexibility index (Phi) is 4.85. The van der Waals surface area contributed by atoms with Crippen molar-refractivity contribution in [1.82, 2.24) is 5.32 Å². The fourth-order valence-electron chi connectivity index (χ4n) is 2.47. The Bertz CT molecular complexity index is 794. The highest BCUT2D eigenvalue weighted by Gasteiger charge is 2.26. The first-order chi connectivity index (χ1) is 11.5. The maximum Gasteiger partial charge on any atom is 0.240 e. The van der Waals surface area contributed by atoms with Gasteiger partial charge >= 0.3 is 0 Å². The van der Waals surface area contributed by atoms with Crippen LogP contribution < -0.4 is 10.2 Å². The molecule has 24 heavy (non-hydrogen) atoms. The molecule has 3 rings (SSSR count). The summed E-state index contributed by atoms with van der Waals surface area (Å²) < 4.78 is 13.5. The van der Waals surface area contributed by atoms with Crippen molar-refractivity contribution in [2.45, 2.75) is 18.4 Å². The van der Waals surface area contributed by atoms with Crippen LogP contribution in [0.25, 0.3) is 0 Å². The summed E-state index contributed by atoms with van der Waals surface area (Å²) in [4.78, 5) is 26.8. The summed E-state index contributed by atoms with van der Waals surface area (Å²) >= 11 is 1.48. The van der Waals surface area contributed by atoms with E-state index in [-0.39, 0.29) is 30.7 Å². The molecule has 0 saturated carbocycles. The van der Waals surface area contributed by atoms with Gasteiger partial charge in [-0.3, -0.25) is 9.59 Å². The van der Waals surface area contributed by atoms with E-state index >= 15 is 0 Å². The Morgan fingerprint density at radius 3 is 2.88 bits per heavy atom. The van der Waals surface area contributed by atoms with Gasteiger partial charge in [-0.05, 0) is 36.2 Å². The van der Waals surface area contributed by atoms with E-state index in [1.165, 1.54) is 22.7 Å². The normalized spacial score (nSPS) is 13.6. The highest BCUT2D eigenvalue weighted by Crippen LogP contribution is 2.34. The number of hydrogen-bond donors (Lipinski definition) is 1. The van der Waals surface area contributed by atoms with Gasteiger partial charge in [0, 0.05) is 11.4 Å². The molecule has 0 bridgehead atoms. The Balaban J connectivity index is 1.64. The number of nitrogens with zero attached hydrogens (tertiary/aromatic N) is 1. The minimum absolute atomic E-state index is 0.0370. The highest BCUT2D eigenvalue weighted by atomic mass is 32.2. The second-order valence-corrected chi connectivity index (χ2v) is 6.61. The Morgan fingerprint density at radius 2 is 2.08 bits per heavy atom. The van der Waals surface area contributed by atoms with Crippen LogP contribution in [0.3, 0.4) is 0 Å². The summed E-state index contributed by atoms with van der Waals surface area (Å²) in [5.41, 5.74) is 2.01. The van der Waals surface area contributed by atoms with Gasteiger partial charge in [0.2, 0.25) is 11.8 Å². The van der Waals surface area contributed by atoms with Crippen LogP contribution in [0.2, 0.25) is 0 Å². The van der Waals surface area contributed by atoms with Crippen molar-refractivity contribution in [2.75, 3.05) is 17.2 Å². The molecule has 1 aliphatic heterocycles. The van der Waals surface area contributed by atoms with Gasteiger partial charge in [-0.1, -0.05) is 24.3 Å². The first-order valence-electron chi connectivity index (χ1n) is 7.58. The number of carbonyl (C=O) groups excluding carboxylic acids is 2. The molecule has 0 fully saturated rings. The van der Waals surface area contributed by atoms with Gasteiger partial charge in [-0.2, -0.15) is 0 Å². The molecule has 1 aliphatic rings. The van der Waals surface area contributed by atoms with E-state index in [2.05, 4.69) is 5.32 Å². The lowest BCUT2D eigenvalue weighted by molar-refractivity contribution is -0.123. The quantitative estimate of drug-likeness (QED) is 0.928. The number of nitrogens with one attached hydrogen (secondary N) is 1. The lowest BCUT2D eigenvalue weighted by Crippen LogP contribution is -2.43. The summed E-state index contributed by atoms with van der Waals surface area (Å²) in [6.45, 7) is 1.88. The number of benzene rings is 2. The third-order valence-electron chi connectivity index (χ3n) is 3.84. The Morgan fingerprint density at radius 1 is 1.29 bits per heavy atom. The smallest absolute Gasteiger partial charge is 0.240 e. The largest absolute Gasteiger partial charge is 0.350 e. The molecule has 2 amide bonds. The van der Waals surface area contributed by atoms with E-state index in [1.54, 1.807) is 19.1 Å². The third kappa shape index (κ3) is 3.59. The van der Waals surface area contributed by atoms with Crippen molar-refractivity contribution in [3.63, 3.8) is 0 Å². The molecule has 1 N–H and O–H groups in total. The molecule has 0 radical (unpaired) electrons. The number of hydrogen-bond acceptors (Lipinski definition) is 3. The summed E-state index contributed by atoms with van der Waals surface area (Å²) in [7, 11) is 0. The standard InChI is InChI=1S/C18H17FN2O2S/c1-12-6-7-13(8-14(12)19)9-20-17(22)10-21-15-4-2-3-5-16(15)24-11-18(21)23/h2-8H,9-11H2,1H3,(H,20,22). The number of thioether (sulfide) groups is 1. The number of amides is 2. The van der Waals surface area contributed by atoms with Crippen LogP contribution in [-0.4, -0.2) is 24.1 Å². The van der Waals surface area contributed by atoms with E-state index in [9.17, 15) is 14.0 Å². The number of para-hydroxylation sites is 1. The van der Waals surface area contributed by atoms with E-state index in [0.29, 0.717) is 16.9 Å². The monoisotopic (exact) mass is 344 g/mol. The van der Waals surface area contributed by atoms with Crippen molar-refractivity contribution in [1.29, 1.82) is 0 Å². The van der Waals surface area contributed by atoms with Crippen LogP contribution in [0.1, 0.15) is 11.1 Å². The average molecular weight is 344 g/mol. The zero-order valence-electron chi connectivity index (χ0n) is 13.2. The number of rotatable bonds is 4. The minimum atomic E-state index is -0.293. The summed E-state index contributed by atoms with van der Waals surface area (Å²) in [5.74, 6) is -0.326. The first-order valence-corrected chi connectivity index (χ1v) is 8.57. The molecule has 2 aromatic carbocycles. The van der Waals surface area contributed by atoms with Crippen LogP contribution in [-0.2, 0) is 16.1 Å². The van der Waals surface area contributed by atoms with E-state index in [1.807, 2.05) is 24.3 Å². The van der Waals surface area contributed by atoms with Gasteiger partial charge in [0.1, 0.15) is 12.4 Å². The maximum absolute atomic E-state index is 13.5. The zero-order valence-corrected chi connectivity index (χ0v) is 14.0. The van der Waals surface area contributed by atoms with Crippen molar-refractivity contribution >= 4 is 29.3 Å². The van der Waals surface area contributed by atoms with Gasteiger partial charge in [-0.25, -0.2) is 4.39 Å². The average Bonchev–Trinajstić information content (AvgIpc) is 2.58. The molecular formula is C18H17FN2O2S. The Labute approximate surface area is 144 Å². The molecule has 4 nitrogen and oxygen atoms in total. The molecule has 2 aromatic rings. The van der Waals surface area contributed by atoms with Gasteiger partial charge in [0.15, 0.2) is 0 Å². The van der Waals surface area contributed by atoms with Crippen LogP contribution in [0.15, 0.2) is 47.4 Å². The number of carbonyl (C=O) groups is 2. The molecular weight excluding hydrogens is 327 g/mol. The van der Waals surface area contributed by atoms with Crippen LogP contribution in [0, 0.1) is 12.7 Å². The second kappa shape index (κ2) is 7.05. The fourth-order valence-corrected chi connectivity index (χ4v) is 3.41. The molecule has 0 atom stereocenters. The topological polar surface area (TPSA) is 49.4 Å². The van der Waals surface area contributed by atoms with E-state index in [0.717, 1.165) is 10.6 Å². The SMILES string of the molecule is Cc1ccc(CNC(=O)CN2C(=O)CSc3ccccc32)cc1F. The summed E-state index contributed by atoms with van der Waals surface area (Å²) in [6.07, 6.45) is 0. The first kappa shape index (κ1) is 16.5. The maximum atomic E-state index is 13.5. The fraction of sp³-hybridized carbons (Fsp3) is 0.222. The number of halogens is 1. The number of aryl methyl sites for hydroxylation is 1. The summed E-state index contributed by atoms with van der Waals surface area (Å²) in [5, 5.41) is 2.74. The van der Waals surface area contributed by atoms with Gasteiger partial charge < -0.3 is 10.2 Å². The van der Waals surface area contributed by atoms with Gasteiger partial charge in [-0.15, -0.1) is 11.8 Å². The van der Waals surface area contributed by atoms with Gasteiger partial charge in [0.25, 0.3) is 0 Å². The van der Waals surface area contributed by atoms with Crippen LogP contribution >= 0.6 is 11.8 Å². The van der Waals surface area contributed by atoms with E-state index < -0.39 is 0 Å². The molecule has 6 heteroatoms. The molecule has 0 aromatic heterocycles. The Hall–Kier alpha value is -2.34. The lowest BCUT2D eigenvalue weighted by atomic mass is 10.1. The predicted molar refractivity (Wildman–Crippen MR) is 92.5 cm³/mol. The number of anilines is 1. The van der Waals surface area contributed by atoms with Gasteiger partial charge in [0.05, 0.1) is 11.4 Å². The van der Waals surface area contributed by atoms with Crippen LogP contribution in [0.4, 0.5) is 10.1 Å². The van der Waals surface area contributed by atoms with Crippen molar-refractivity contribution < 1.29 is 14.0 Å². The molecule has 124 valence electrons. The van der Waals surface area contributed by atoms with E-state index in [4.69, 9.17) is 0 Å². The van der Waals surface area contributed by atoms with Crippen molar-refractivity contribution in [2.24, 2.45) is 0 Å². The molecule has 0 unspecified atom stereocenters. The summed E-state index contributed by atoms with van der Waals surface area (Å²) in [6, 6.07) is 12.4. The zero-order chi connectivity index (χ0) is 17.1. The second-order valence-electron chi connectivity index (χ2n) is 5.60. The highest BCUT2D eigenvalue weighted by molar-refractivity contribution is 8.00. The van der Waals surface area contributed by atoms with Crippen molar-refractivity contribution in [3.05, 3.63) is 59.4 Å². The third-order valence-corrected chi connectivity index (χ3v) is 4.88. The molecule has 0 saturated heterocycles. The number of fused-ring (bicyclic) bond motifs is 1. The minimum Gasteiger partial charge on any atom is -0.350 e. The van der Waals surface area contributed by atoms with Crippen molar-refractivity contribution in [3.8, 4) is 0 Å². The molecule has 1 heterocycles. The molecule has 0 spiro atoms. The predicted octanol–water partition coefficient (Wildman–Crippen LogP) is 2.89. The van der Waals surface area contributed by atoms with Crippen LogP contribution in [0.5, 0.6) is 0 Å². The lowest BCUT2D eigenvalue weighted by Gasteiger charge is -2.28.